The van der Waals surface area contributed by atoms with Crippen molar-refractivity contribution < 1.29 is 33.1 Å². The number of hydrogen-bond donors (Lipinski definition) is 3. The van der Waals surface area contributed by atoms with Gasteiger partial charge >= 0.3 is 6.09 Å². The first kappa shape index (κ1) is 32.1. The van der Waals surface area contributed by atoms with E-state index in [-0.39, 0.29) is 36.1 Å². The van der Waals surface area contributed by atoms with Crippen molar-refractivity contribution in [3.05, 3.63) is 24.2 Å². The molecule has 11 nitrogen and oxygen atoms in total. The molecule has 3 rings (SSSR count). The van der Waals surface area contributed by atoms with Crippen molar-refractivity contribution in [3.63, 3.8) is 0 Å². The Morgan fingerprint density at radius 2 is 1.76 bits per heavy atom. The Labute approximate surface area is 242 Å². The van der Waals surface area contributed by atoms with Crippen LogP contribution in [0.4, 0.5) is 4.79 Å². The number of carbonyl (C=O) groups is 5. The van der Waals surface area contributed by atoms with E-state index in [4.69, 9.17) is 9.15 Å². The number of ketones is 1. The number of carbonyl (C=O) groups excluding carboxylic acids is 5. The Kier molecular flexibility index (Phi) is 9.30. The molecule has 1 aliphatic carbocycles. The molecule has 0 spiro atoms. The fourth-order valence-electron chi connectivity index (χ4n) is 5.69. The van der Waals surface area contributed by atoms with Crippen LogP contribution in [0.2, 0.25) is 0 Å². The summed E-state index contributed by atoms with van der Waals surface area (Å²) in [6, 6.07) is 0.524. The van der Waals surface area contributed by atoms with E-state index in [9.17, 15) is 24.0 Å². The Hall–Kier alpha value is -3.37. The molecule has 1 aromatic heterocycles. The number of nitrogens with zero attached hydrogens (tertiary/aromatic N) is 1. The van der Waals surface area contributed by atoms with Crippen LogP contribution in [0.5, 0.6) is 0 Å². The predicted molar refractivity (Wildman–Crippen MR) is 151 cm³/mol. The van der Waals surface area contributed by atoms with Crippen LogP contribution in [0.1, 0.15) is 80.9 Å². The highest BCUT2D eigenvalue weighted by atomic mass is 16.6. The molecule has 1 saturated carbocycles. The second-order valence-electron chi connectivity index (χ2n) is 13.8. The summed E-state index contributed by atoms with van der Waals surface area (Å²) >= 11 is 0. The number of alkyl carbamates (subject to hydrolysis) is 1. The highest BCUT2D eigenvalue weighted by Crippen LogP contribution is 2.65. The van der Waals surface area contributed by atoms with E-state index >= 15 is 0 Å². The number of furan rings is 1. The molecule has 0 aromatic carbocycles. The summed E-state index contributed by atoms with van der Waals surface area (Å²) in [6.07, 6.45) is 1.57. The van der Waals surface area contributed by atoms with Crippen molar-refractivity contribution in [1.29, 1.82) is 0 Å². The molecule has 41 heavy (non-hydrogen) atoms. The third kappa shape index (κ3) is 7.48. The number of ether oxygens (including phenoxy) is 1. The van der Waals surface area contributed by atoms with E-state index in [2.05, 4.69) is 29.8 Å². The summed E-state index contributed by atoms with van der Waals surface area (Å²) in [5, 5.41) is 8.04. The average molecular weight is 575 g/mol. The summed E-state index contributed by atoms with van der Waals surface area (Å²) < 4.78 is 10.6. The molecule has 0 bridgehead atoms. The van der Waals surface area contributed by atoms with Gasteiger partial charge in [-0.25, -0.2) is 4.79 Å². The number of Topliss-reactive ketones (excluding diaryl/α,β-unsaturated/α-hetero) is 1. The van der Waals surface area contributed by atoms with Crippen molar-refractivity contribution in [2.24, 2.45) is 22.7 Å². The summed E-state index contributed by atoms with van der Waals surface area (Å²) in [5.74, 6) is -1.96. The number of nitrogens with one attached hydrogen (secondary N) is 3. The second kappa shape index (κ2) is 11.9. The maximum absolute atomic E-state index is 14.0. The van der Waals surface area contributed by atoms with E-state index in [0.29, 0.717) is 18.7 Å². The molecular formula is C30H46N4O7. The average Bonchev–Trinajstić information content (AvgIpc) is 3.29. The van der Waals surface area contributed by atoms with Gasteiger partial charge in [0.1, 0.15) is 23.4 Å². The standard InChI is InChI=1S/C30H46N4O7/c1-10-12-19(22(35)25(37)31-15-17-13-11-14-40-17)32-24(36)21-20-18(30(20,8)9)16-34(21)26(38)23(28(2,3)4)33-27(39)41-29(5,6)7/h11,13-14,18-21,23H,10,12,15-16H2,1-9H3,(H,31,37)(H,32,36)(H,33,39)/t18-,19?,20-,21-,23+/m0/s1. The van der Waals surface area contributed by atoms with E-state index in [1.165, 1.54) is 11.2 Å². The number of likely N-dealkylation sites (tertiary alicyclic amines) is 1. The predicted octanol–water partition coefficient (Wildman–Crippen LogP) is 3.17. The molecule has 3 N–H and O–H groups in total. The van der Waals surface area contributed by atoms with E-state index in [1.54, 1.807) is 32.9 Å². The van der Waals surface area contributed by atoms with Crippen LogP contribution in [0.15, 0.2) is 22.8 Å². The van der Waals surface area contributed by atoms with E-state index in [1.807, 2.05) is 27.7 Å². The topological polar surface area (TPSA) is 147 Å². The van der Waals surface area contributed by atoms with Gasteiger partial charge in [0.2, 0.25) is 17.6 Å². The number of rotatable bonds is 10. The van der Waals surface area contributed by atoms with Gasteiger partial charge in [0, 0.05) is 6.54 Å². The first-order valence-electron chi connectivity index (χ1n) is 14.3. The van der Waals surface area contributed by atoms with Crippen LogP contribution in [0.25, 0.3) is 0 Å². The molecule has 1 saturated heterocycles. The van der Waals surface area contributed by atoms with Gasteiger partial charge in [-0.15, -0.1) is 0 Å². The van der Waals surface area contributed by atoms with E-state index in [0.717, 1.165) is 0 Å². The number of amides is 4. The fraction of sp³-hybridized carbons (Fsp3) is 0.700. The number of fused-ring (bicyclic) bond motifs is 1. The minimum absolute atomic E-state index is 0.0477. The largest absolute Gasteiger partial charge is 0.467 e. The third-order valence-electron chi connectivity index (χ3n) is 7.97. The Balaban J connectivity index is 1.78. The van der Waals surface area contributed by atoms with E-state index < -0.39 is 52.8 Å². The highest BCUT2D eigenvalue weighted by Gasteiger charge is 2.70. The molecule has 5 atom stereocenters. The quantitative estimate of drug-likeness (QED) is 0.364. The first-order valence-corrected chi connectivity index (χ1v) is 14.3. The number of hydrogen-bond acceptors (Lipinski definition) is 7. The maximum atomic E-state index is 14.0. The van der Waals surface area contributed by atoms with Crippen molar-refractivity contribution in [2.75, 3.05) is 6.54 Å². The Morgan fingerprint density at radius 1 is 1.10 bits per heavy atom. The molecule has 1 aromatic rings. The molecule has 11 heteroatoms. The van der Waals surface area contributed by atoms with Crippen molar-refractivity contribution in [3.8, 4) is 0 Å². The van der Waals surface area contributed by atoms with Gasteiger partial charge < -0.3 is 30.0 Å². The third-order valence-corrected chi connectivity index (χ3v) is 7.97. The summed E-state index contributed by atoms with van der Waals surface area (Å²) in [4.78, 5) is 67.6. The second-order valence-corrected chi connectivity index (χ2v) is 13.8. The molecule has 228 valence electrons. The SMILES string of the molecule is CCCC(NC(=O)[C@@H]1[C@@H]2[C@H](CN1C(=O)[C@@H](NC(=O)OC(C)(C)C)C(C)(C)C)C2(C)C)C(=O)C(=O)NCc1ccco1. The van der Waals surface area contributed by atoms with Crippen molar-refractivity contribution in [1.82, 2.24) is 20.9 Å². The molecule has 0 radical (unpaired) electrons. The van der Waals surface area contributed by atoms with Gasteiger partial charge in [0.05, 0.1) is 18.8 Å². The molecule has 2 heterocycles. The summed E-state index contributed by atoms with van der Waals surface area (Å²) in [5.41, 5.74) is -1.59. The molecule has 1 unspecified atom stereocenters. The Bertz CT molecular complexity index is 1150. The number of piperidine rings is 1. The van der Waals surface area contributed by atoms with Gasteiger partial charge in [0.15, 0.2) is 0 Å². The maximum Gasteiger partial charge on any atom is 0.408 e. The zero-order valence-corrected chi connectivity index (χ0v) is 25.8. The van der Waals surface area contributed by atoms with Crippen LogP contribution in [0, 0.1) is 22.7 Å². The summed E-state index contributed by atoms with van der Waals surface area (Å²) in [6.45, 7) is 17.1. The van der Waals surface area contributed by atoms with Gasteiger partial charge in [-0.1, -0.05) is 48.0 Å². The zero-order chi connectivity index (χ0) is 30.9. The molecule has 1 aliphatic heterocycles. The van der Waals surface area contributed by atoms with Gasteiger partial charge in [-0.3, -0.25) is 19.2 Å². The lowest BCUT2D eigenvalue weighted by molar-refractivity contribution is -0.145. The molecule has 2 fully saturated rings. The highest BCUT2D eigenvalue weighted by molar-refractivity contribution is 6.38. The minimum Gasteiger partial charge on any atom is -0.467 e. The first-order chi connectivity index (χ1) is 18.9. The fourth-order valence-corrected chi connectivity index (χ4v) is 5.69. The molecule has 2 aliphatic rings. The lowest BCUT2D eigenvalue weighted by Gasteiger charge is -2.38. The van der Waals surface area contributed by atoms with Crippen molar-refractivity contribution in [2.45, 2.75) is 105 Å². The van der Waals surface area contributed by atoms with Crippen LogP contribution < -0.4 is 16.0 Å². The van der Waals surface area contributed by atoms with Crippen molar-refractivity contribution >= 4 is 29.6 Å². The lowest BCUT2D eigenvalue weighted by atomic mass is 9.85. The van der Waals surface area contributed by atoms with Crippen LogP contribution in [0.3, 0.4) is 0 Å². The monoisotopic (exact) mass is 574 g/mol. The van der Waals surface area contributed by atoms with Gasteiger partial charge in [-0.2, -0.15) is 0 Å². The molecule has 4 amide bonds. The zero-order valence-electron chi connectivity index (χ0n) is 25.8. The lowest BCUT2D eigenvalue weighted by Crippen LogP contribution is -2.60. The van der Waals surface area contributed by atoms with Crippen LogP contribution >= 0.6 is 0 Å². The van der Waals surface area contributed by atoms with Gasteiger partial charge in [0.25, 0.3) is 5.91 Å². The summed E-state index contributed by atoms with van der Waals surface area (Å²) in [7, 11) is 0. The minimum atomic E-state index is -1.04. The van der Waals surface area contributed by atoms with Crippen LogP contribution in [-0.4, -0.2) is 64.8 Å². The van der Waals surface area contributed by atoms with Crippen LogP contribution in [-0.2, 0) is 30.5 Å². The smallest absolute Gasteiger partial charge is 0.408 e. The van der Waals surface area contributed by atoms with Gasteiger partial charge in [-0.05, 0) is 62.0 Å². The Morgan fingerprint density at radius 3 is 2.29 bits per heavy atom. The molecular weight excluding hydrogens is 528 g/mol. The normalized spacial score (nSPS) is 22.7.